The monoisotopic (exact) mass is 324 g/mol. The Kier molecular flexibility index (Phi) is 3.45. The van der Waals surface area contributed by atoms with Crippen molar-refractivity contribution in [1.82, 2.24) is 0 Å². The van der Waals surface area contributed by atoms with E-state index in [2.05, 4.69) is 15.9 Å². The van der Waals surface area contributed by atoms with E-state index >= 15 is 0 Å². The molecule has 0 fully saturated rings. The van der Waals surface area contributed by atoms with Crippen LogP contribution in [0.4, 0.5) is 0 Å². The topological polar surface area (TPSA) is 13.1 Å². The summed E-state index contributed by atoms with van der Waals surface area (Å²) in [5, 5.41) is 0.499. The lowest BCUT2D eigenvalue weighted by molar-refractivity contribution is 0.530. The molecule has 0 aliphatic heterocycles. The van der Waals surface area contributed by atoms with Crippen LogP contribution in [0.15, 0.2) is 26.6 Å². The molecule has 15 heavy (non-hydrogen) atoms. The molecule has 0 saturated carbocycles. The van der Waals surface area contributed by atoms with E-state index in [4.69, 9.17) is 27.6 Å². The Bertz CT molecular complexity index is 458. The van der Waals surface area contributed by atoms with Crippen LogP contribution >= 0.6 is 50.5 Å². The quantitative estimate of drug-likeness (QED) is 0.674. The normalized spacial score (nSPS) is 13.1. The van der Waals surface area contributed by atoms with E-state index in [1.54, 1.807) is 17.6 Å². The maximum absolute atomic E-state index is 6.33. The van der Waals surface area contributed by atoms with Crippen molar-refractivity contribution < 1.29 is 4.42 Å². The summed E-state index contributed by atoms with van der Waals surface area (Å²) in [7, 11) is 0. The molecule has 2 aromatic rings. The first-order valence-electron chi connectivity index (χ1n) is 4.22. The number of halogens is 3. The molecule has 0 aliphatic rings. The van der Waals surface area contributed by atoms with Crippen LogP contribution in [0.3, 0.4) is 0 Å². The molecular formula is C10H7BrCl2OS. The van der Waals surface area contributed by atoms with Gasteiger partial charge in [0.1, 0.15) is 5.76 Å². The van der Waals surface area contributed by atoms with Crippen molar-refractivity contribution >= 4 is 50.5 Å². The lowest BCUT2D eigenvalue weighted by Gasteiger charge is -2.04. The summed E-state index contributed by atoms with van der Waals surface area (Å²) in [5.74, 6) is 0.843. The summed E-state index contributed by atoms with van der Waals surface area (Å²) < 4.78 is 6.13. The molecular weight excluding hydrogens is 319 g/mol. The third-order valence-electron chi connectivity index (χ3n) is 2.09. The minimum absolute atomic E-state index is 0.197. The van der Waals surface area contributed by atoms with Crippen molar-refractivity contribution in [2.75, 3.05) is 0 Å². The van der Waals surface area contributed by atoms with Gasteiger partial charge in [0, 0.05) is 10.4 Å². The van der Waals surface area contributed by atoms with Crippen LogP contribution in [0, 0.1) is 6.92 Å². The molecule has 0 radical (unpaired) electrons. The fourth-order valence-electron chi connectivity index (χ4n) is 1.30. The third kappa shape index (κ3) is 2.26. The maximum atomic E-state index is 6.33. The van der Waals surface area contributed by atoms with Crippen molar-refractivity contribution in [3.05, 3.63) is 43.4 Å². The number of furan rings is 1. The Morgan fingerprint density at radius 2 is 2.27 bits per heavy atom. The Hall–Kier alpha value is 0.0400. The second-order valence-corrected chi connectivity index (χ2v) is 6.31. The van der Waals surface area contributed by atoms with Gasteiger partial charge in [-0.3, -0.25) is 0 Å². The summed E-state index contributed by atoms with van der Waals surface area (Å²) >= 11 is 17.2. The third-order valence-corrected chi connectivity index (χ3v) is 5.23. The second-order valence-electron chi connectivity index (χ2n) is 3.07. The highest BCUT2D eigenvalue weighted by molar-refractivity contribution is 9.11. The Morgan fingerprint density at radius 1 is 1.53 bits per heavy atom. The minimum Gasteiger partial charge on any atom is -0.469 e. The highest BCUT2D eigenvalue weighted by Gasteiger charge is 2.18. The average molecular weight is 326 g/mol. The van der Waals surface area contributed by atoms with Crippen LogP contribution in [0.1, 0.15) is 21.6 Å². The smallest absolute Gasteiger partial charge is 0.105 e. The number of thiophene rings is 1. The standard InChI is InChI=1S/C10H7BrCl2OS/c1-5-6(2-3-14-5)9(13)8-4-7(12)10(11)15-8/h2-4,9H,1H3. The predicted octanol–water partition coefficient (Wildman–Crippen LogP) is 5.39. The van der Waals surface area contributed by atoms with E-state index < -0.39 is 0 Å². The number of rotatable bonds is 2. The van der Waals surface area contributed by atoms with Crippen molar-refractivity contribution in [3.8, 4) is 0 Å². The van der Waals surface area contributed by atoms with Crippen molar-refractivity contribution in [3.63, 3.8) is 0 Å². The highest BCUT2D eigenvalue weighted by atomic mass is 79.9. The number of aryl methyl sites for hydroxylation is 1. The molecule has 0 aliphatic carbocycles. The molecule has 2 heterocycles. The zero-order valence-corrected chi connectivity index (χ0v) is 11.7. The summed E-state index contributed by atoms with van der Waals surface area (Å²) in [6.45, 7) is 1.90. The Balaban J connectivity index is 2.36. The Labute approximate surface area is 110 Å². The minimum atomic E-state index is -0.197. The molecule has 0 spiro atoms. The van der Waals surface area contributed by atoms with Crippen LogP contribution in [0.25, 0.3) is 0 Å². The zero-order valence-electron chi connectivity index (χ0n) is 7.76. The number of hydrogen-bond acceptors (Lipinski definition) is 2. The molecule has 5 heteroatoms. The fourth-order valence-corrected chi connectivity index (χ4v) is 3.47. The molecule has 80 valence electrons. The van der Waals surface area contributed by atoms with E-state index in [9.17, 15) is 0 Å². The summed E-state index contributed by atoms with van der Waals surface area (Å²) in [6, 6.07) is 3.76. The van der Waals surface area contributed by atoms with Crippen LogP contribution in [0.5, 0.6) is 0 Å². The van der Waals surface area contributed by atoms with Gasteiger partial charge in [0.05, 0.1) is 20.4 Å². The first-order valence-corrected chi connectivity index (χ1v) is 6.64. The van der Waals surface area contributed by atoms with Gasteiger partial charge in [0.15, 0.2) is 0 Å². The first-order chi connectivity index (χ1) is 7.09. The molecule has 2 rings (SSSR count). The lowest BCUT2D eigenvalue weighted by atomic mass is 10.1. The van der Waals surface area contributed by atoms with E-state index in [0.717, 1.165) is 20.0 Å². The summed E-state index contributed by atoms with van der Waals surface area (Å²) in [4.78, 5) is 1.01. The van der Waals surface area contributed by atoms with E-state index in [-0.39, 0.29) is 5.38 Å². The molecule has 0 amide bonds. The van der Waals surface area contributed by atoms with Crippen LogP contribution in [0.2, 0.25) is 5.02 Å². The van der Waals surface area contributed by atoms with E-state index in [1.807, 2.05) is 19.1 Å². The van der Waals surface area contributed by atoms with Gasteiger partial charge >= 0.3 is 0 Å². The zero-order chi connectivity index (χ0) is 11.0. The largest absolute Gasteiger partial charge is 0.469 e. The van der Waals surface area contributed by atoms with Gasteiger partial charge in [-0.15, -0.1) is 22.9 Å². The molecule has 0 aromatic carbocycles. The van der Waals surface area contributed by atoms with Gasteiger partial charge in [0.2, 0.25) is 0 Å². The maximum Gasteiger partial charge on any atom is 0.105 e. The van der Waals surface area contributed by atoms with Gasteiger partial charge in [-0.1, -0.05) is 11.6 Å². The summed E-state index contributed by atoms with van der Waals surface area (Å²) in [6.07, 6.45) is 1.64. The molecule has 1 unspecified atom stereocenters. The molecule has 0 bridgehead atoms. The molecule has 1 atom stereocenters. The van der Waals surface area contributed by atoms with Gasteiger partial charge in [-0.2, -0.15) is 0 Å². The van der Waals surface area contributed by atoms with Crippen LogP contribution in [-0.2, 0) is 0 Å². The predicted molar refractivity (Wildman–Crippen MR) is 68.2 cm³/mol. The fraction of sp³-hybridized carbons (Fsp3) is 0.200. The molecule has 1 nitrogen and oxygen atoms in total. The number of alkyl halides is 1. The molecule has 0 N–H and O–H groups in total. The van der Waals surface area contributed by atoms with Crippen molar-refractivity contribution in [1.29, 1.82) is 0 Å². The first kappa shape index (κ1) is 11.5. The van der Waals surface area contributed by atoms with E-state index in [1.165, 1.54) is 0 Å². The van der Waals surface area contributed by atoms with Crippen molar-refractivity contribution in [2.45, 2.75) is 12.3 Å². The van der Waals surface area contributed by atoms with Crippen LogP contribution in [-0.4, -0.2) is 0 Å². The summed E-state index contributed by atoms with van der Waals surface area (Å²) in [5.41, 5.74) is 0.988. The molecule has 0 saturated heterocycles. The SMILES string of the molecule is Cc1occc1C(Cl)c1cc(Cl)c(Br)s1. The Morgan fingerprint density at radius 3 is 2.73 bits per heavy atom. The van der Waals surface area contributed by atoms with E-state index in [0.29, 0.717) is 5.02 Å². The van der Waals surface area contributed by atoms with Gasteiger partial charge in [-0.25, -0.2) is 0 Å². The number of hydrogen-bond donors (Lipinski definition) is 0. The lowest BCUT2D eigenvalue weighted by Crippen LogP contribution is -1.89. The molecule has 2 aromatic heterocycles. The second kappa shape index (κ2) is 4.50. The van der Waals surface area contributed by atoms with Gasteiger partial charge in [-0.05, 0) is 35.0 Å². The van der Waals surface area contributed by atoms with Crippen molar-refractivity contribution in [2.24, 2.45) is 0 Å². The van der Waals surface area contributed by atoms with Gasteiger partial charge in [0.25, 0.3) is 0 Å². The van der Waals surface area contributed by atoms with Crippen LogP contribution < -0.4 is 0 Å². The average Bonchev–Trinajstić information content (AvgIpc) is 2.74. The highest BCUT2D eigenvalue weighted by Crippen LogP contribution is 2.41. The van der Waals surface area contributed by atoms with Gasteiger partial charge < -0.3 is 4.42 Å².